The fourth-order valence-electron chi connectivity index (χ4n) is 4.17. The molecule has 0 aromatic heterocycles. The van der Waals surface area contributed by atoms with E-state index in [0.29, 0.717) is 0 Å². The third kappa shape index (κ3) is 18.1. The normalized spacial score (nSPS) is 11.8. The minimum absolute atomic E-state index is 0.866. The molecule has 0 atom stereocenters. The zero-order valence-electron chi connectivity index (χ0n) is 21.5. The summed E-state index contributed by atoms with van der Waals surface area (Å²) >= 11 is 0. The summed E-state index contributed by atoms with van der Waals surface area (Å²) in [6.07, 6.45) is 24.2. The van der Waals surface area contributed by atoms with Gasteiger partial charge in [-0.1, -0.05) is 135 Å². The molecule has 0 saturated heterocycles. The summed E-state index contributed by atoms with van der Waals surface area (Å²) in [6, 6.07) is 10.7. The van der Waals surface area contributed by atoms with Gasteiger partial charge in [-0.3, -0.25) is 0 Å². The van der Waals surface area contributed by atoms with Crippen molar-refractivity contribution in [2.75, 3.05) is 13.1 Å². The van der Waals surface area contributed by atoms with Gasteiger partial charge in [-0.15, -0.1) is 0 Å². The Morgan fingerprint density at radius 1 is 0.581 bits per heavy atom. The Kier molecular flexibility index (Phi) is 17.4. The van der Waals surface area contributed by atoms with Crippen LogP contribution >= 0.6 is 0 Å². The maximum absolute atomic E-state index is 2.57. The van der Waals surface area contributed by atoms with Crippen molar-refractivity contribution < 1.29 is 0 Å². The Hall–Kier alpha value is -1.24. The summed E-state index contributed by atoms with van der Waals surface area (Å²) in [4.78, 5) is 2.57. The second-order valence-corrected chi connectivity index (χ2v) is 10.4. The monoisotopic (exact) mass is 427 g/mol. The first-order chi connectivity index (χ1) is 15.1. The van der Waals surface area contributed by atoms with Crippen LogP contribution in [-0.2, 0) is 0 Å². The number of rotatable bonds is 20. The van der Waals surface area contributed by atoms with Gasteiger partial charge in [-0.25, -0.2) is 0 Å². The van der Waals surface area contributed by atoms with Crippen molar-refractivity contribution in [2.24, 2.45) is 11.8 Å². The molecule has 0 spiro atoms. The fourth-order valence-corrected chi connectivity index (χ4v) is 4.17. The maximum Gasteiger partial charge on any atom is 0.0172 e. The summed E-state index contributed by atoms with van der Waals surface area (Å²) in [6.45, 7) is 11.8. The van der Waals surface area contributed by atoms with Gasteiger partial charge in [0.1, 0.15) is 0 Å². The van der Waals surface area contributed by atoms with E-state index in [9.17, 15) is 0 Å². The SMILES string of the molecule is CC(C)CCCCCCCCN(C=Cc1ccccc1)CCCCCCCCC(C)C. The zero-order valence-corrected chi connectivity index (χ0v) is 21.5. The molecule has 1 rings (SSSR count). The molecule has 1 nitrogen and oxygen atoms in total. The Labute approximate surface area is 195 Å². The zero-order chi connectivity index (χ0) is 22.6. The summed E-state index contributed by atoms with van der Waals surface area (Å²) in [5, 5.41) is 0. The molecule has 1 aromatic rings. The van der Waals surface area contributed by atoms with Gasteiger partial charge in [0, 0.05) is 13.1 Å². The van der Waals surface area contributed by atoms with E-state index in [1.165, 1.54) is 109 Å². The van der Waals surface area contributed by atoms with Gasteiger partial charge in [0.25, 0.3) is 0 Å². The van der Waals surface area contributed by atoms with Crippen LogP contribution in [0.4, 0.5) is 0 Å². The molecule has 0 aliphatic carbocycles. The van der Waals surface area contributed by atoms with Crippen LogP contribution in [0.5, 0.6) is 0 Å². The number of hydrogen-bond acceptors (Lipinski definition) is 1. The van der Waals surface area contributed by atoms with Crippen molar-refractivity contribution in [3.63, 3.8) is 0 Å². The second kappa shape index (κ2) is 19.4. The molecule has 1 heteroatoms. The van der Waals surface area contributed by atoms with E-state index in [0.717, 1.165) is 11.8 Å². The molecule has 0 radical (unpaired) electrons. The predicted molar refractivity (Wildman–Crippen MR) is 141 cm³/mol. The molecular weight excluding hydrogens is 374 g/mol. The van der Waals surface area contributed by atoms with Crippen LogP contribution < -0.4 is 0 Å². The van der Waals surface area contributed by atoms with Crippen LogP contribution in [0.25, 0.3) is 6.08 Å². The topological polar surface area (TPSA) is 3.24 Å². The van der Waals surface area contributed by atoms with Crippen molar-refractivity contribution in [3.05, 3.63) is 42.1 Å². The molecule has 1 aromatic carbocycles. The lowest BCUT2D eigenvalue weighted by Gasteiger charge is -2.20. The highest BCUT2D eigenvalue weighted by atomic mass is 15.1. The Morgan fingerprint density at radius 2 is 1.00 bits per heavy atom. The van der Waals surface area contributed by atoms with Crippen molar-refractivity contribution in [2.45, 2.75) is 118 Å². The molecule has 31 heavy (non-hydrogen) atoms. The predicted octanol–water partition coefficient (Wildman–Crippen LogP) is 9.73. The molecule has 0 heterocycles. The quantitative estimate of drug-likeness (QED) is 0.187. The highest BCUT2D eigenvalue weighted by molar-refractivity contribution is 5.48. The second-order valence-electron chi connectivity index (χ2n) is 10.4. The first-order valence-corrected chi connectivity index (χ1v) is 13.5. The summed E-state index contributed by atoms with van der Waals surface area (Å²) < 4.78 is 0. The molecule has 0 fully saturated rings. The van der Waals surface area contributed by atoms with E-state index >= 15 is 0 Å². The minimum atomic E-state index is 0.866. The van der Waals surface area contributed by atoms with Crippen molar-refractivity contribution in [3.8, 4) is 0 Å². The van der Waals surface area contributed by atoms with Crippen LogP contribution in [-0.4, -0.2) is 18.0 Å². The lowest BCUT2D eigenvalue weighted by molar-refractivity contribution is 0.350. The van der Waals surface area contributed by atoms with E-state index in [1.54, 1.807) is 0 Å². The first-order valence-electron chi connectivity index (χ1n) is 13.5. The first kappa shape index (κ1) is 27.8. The molecule has 0 saturated carbocycles. The molecule has 0 unspecified atom stereocenters. The number of unbranched alkanes of at least 4 members (excludes halogenated alkanes) is 10. The Morgan fingerprint density at radius 3 is 1.45 bits per heavy atom. The number of hydrogen-bond donors (Lipinski definition) is 0. The third-order valence-electron chi connectivity index (χ3n) is 6.23. The van der Waals surface area contributed by atoms with Crippen molar-refractivity contribution in [1.29, 1.82) is 0 Å². The Balaban J connectivity index is 2.23. The Bertz CT molecular complexity index is 492. The number of benzene rings is 1. The fraction of sp³-hybridized carbons (Fsp3) is 0.733. The average molecular weight is 428 g/mol. The molecule has 0 bridgehead atoms. The van der Waals surface area contributed by atoms with Gasteiger partial charge in [-0.2, -0.15) is 0 Å². The third-order valence-corrected chi connectivity index (χ3v) is 6.23. The molecule has 0 aliphatic heterocycles. The van der Waals surface area contributed by atoms with Crippen LogP contribution in [0.1, 0.15) is 123 Å². The van der Waals surface area contributed by atoms with Gasteiger partial charge in [0.05, 0.1) is 0 Å². The van der Waals surface area contributed by atoms with Crippen LogP contribution in [0, 0.1) is 11.8 Å². The molecule has 0 N–H and O–H groups in total. The van der Waals surface area contributed by atoms with Crippen LogP contribution in [0.2, 0.25) is 0 Å². The van der Waals surface area contributed by atoms with Gasteiger partial charge in [0.15, 0.2) is 0 Å². The smallest absolute Gasteiger partial charge is 0.0172 e. The van der Waals surface area contributed by atoms with E-state index in [-0.39, 0.29) is 0 Å². The van der Waals surface area contributed by atoms with E-state index in [4.69, 9.17) is 0 Å². The summed E-state index contributed by atoms with van der Waals surface area (Å²) in [5.74, 6) is 1.73. The molecule has 178 valence electrons. The van der Waals surface area contributed by atoms with Crippen LogP contribution in [0.3, 0.4) is 0 Å². The van der Waals surface area contributed by atoms with E-state index in [2.05, 4.69) is 75.2 Å². The summed E-state index contributed by atoms with van der Waals surface area (Å²) in [7, 11) is 0. The van der Waals surface area contributed by atoms with E-state index < -0.39 is 0 Å². The molecule has 0 aliphatic rings. The number of nitrogens with zero attached hydrogens (tertiary/aromatic N) is 1. The van der Waals surface area contributed by atoms with E-state index in [1.807, 2.05) is 0 Å². The van der Waals surface area contributed by atoms with Gasteiger partial charge in [0.2, 0.25) is 0 Å². The standard InChI is InChI=1S/C30H53N/c1-28(2)20-14-9-5-7-11-18-25-31(27-24-30-22-16-13-17-23-30)26-19-12-8-6-10-15-21-29(3)4/h13,16-17,22-24,27-29H,5-12,14-15,18-21,25-26H2,1-4H3. The summed E-state index contributed by atoms with van der Waals surface area (Å²) in [5.41, 5.74) is 1.31. The molecule has 0 amide bonds. The van der Waals surface area contributed by atoms with Crippen molar-refractivity contribution in [1.82, 2.24) is 4.90 Å². The largest absolute Gasteiger partial charge is 0.377 e. The van der Waals surface area contributed by atoms with Crippen molar-refractivity contribution >= 4 is 6.08 Å². The average Bonchev–Trinajstić information content (AvgIpc) is 2.75. The lowest BCUT2D eigenvalue weighted by atomic mass is 10.0. The molecular formula is C30H53N. The maximum atomic E-state index is 2.57. The van der Waals surface area contributed by atoms with Crippen LogP contribution in [0.15, 0.2) is 36.5 Å². The van der Waals surface area contributed by atoms with Gasteiger partial charge < -0.3 is 4.90 Å². The van der Waals surface area contributed by atoms with Gasteiger partial charge >= 0.3 is 0 Å². The lowest BCUT2D eigenvalue weighted by Crippen LogP contribution is -2.20. The minimum Gasteiger partial charge on any atom is -0.377 e. The highest BCUT2D eigenvalue weighted by Crippen LogP contribution is 2.14. The van der Waals surface area contributed by atoms with Gasteiger partial charge in [-0.05, 0) is 42.5 Å². The highest BCUT2D eigenvalue weighted by Gasteiger charge is 2.01.